The Balaban J connectivity index is 2.06. The van der Waals surface area contributed by atoms with E-state index in [1.807, 2.05) is 19.0 Å². The molecule has 0 aromatic carbocycles. The Hall–Kier alpha value is -0.980. The maximum absolute atomic E-state index is 12.0. The van der Waals surface area contributed by atoms with E-state index in [2.05, 4.69) is 4.98 Å². The van der Waals surface area contributed by atoms with Crippen molar-refractivity contribution in [2.45, 2.75) is 12.1 Å². The molecule has 2 atom stereocenters. The second kappa shape index (κ2) is 4.48. The zero-order valence-corrected chi connectivity index (χ0v) is 10.1. The monoisotopic (exact) mass is 241 g/mol. The van der Waals surface area contributed by atoms with Gasteiger partial charge in [-0.05, 0) is 14.1 Å². The molecule has 1 saturated heterocycles. The van der Waals surface area contributed by atoms with Crippen LogP contribution in [0, 0.1) is 0 Å². The van der Waals surface area contributed by atoms with Gasteiger partial charge in [0.25, 0.3) is 5.91 Å². The largest absolute Gasteiger partial charge is 0.390 e. The van der Waals surface area contributed by atoms with Crippen molar-refractivity contribution >= 4 is 17.2 Å². The van der Waals surface area contributed by atoms with E-state index < -0.39 is 6.10 Å². The fourth-order valence-electron chi connectivity index (χ4n) is 1.92. The van der Waals surface area contributed by atoms with Crippen LogP contribution in [0.3, 0.4) is 0 Å². The van der Waals surface area contributed by atoms with E-state index in [4.69, 9.17) is 0 Å². The van der Waals surface area contributed by atoms with Gasteiger partial charge >= 0.3 is 0 Å². The van der Waals surface area contributed by atoms with Crippen LogP contribution in [0.1, 0.15) is 9.67 Å². The summed E-state index contributed by atoms with van der Waals surface area (Å²) >= 11 is 1.33. The number of carbonyl (C=O) groups excluding carboxylic acids is 1. The van der Waals surface area contributed by atoms with Gasteiger partial charge in [-0.2, -0.15) is 0 Å². The van der Waals surface area contributed by atoms with Crippen molar-refractivity contribution < 1.29 is 9.90 Å². The Bertz CT molecular complexity index is 366. The first-order valence-corrected chi connectivity index (χ1v) is 6.00. The van der Waals surface area contributed by atoms with Crippen LogP contribution in [0.4, 0.5) is 0 Å². The van der Waals surface area contributed by atoms with Crippen LogP contribution in [-0.2, 0) is 0 Å². The lowest BCUT2D eigenvalue weighted by Crippen LogP contribution is -2.38. The van der Waals surface area contributed by atoms with E-state index in [1.54, 1.807) is 16.6 Å². The molecule has 5 nitrogen and oxygen atoms in total. The van der Waals surface area contributed by atoms with Gasteiger partial charge in [0.05, 0.1) is 23.9 Å². The molecule has 1 amide bonds. The van der Waals surface area contributed by atoms with Crippen molar-refractivity contribution in [2.75, 3.05) is 27.2 Å². The maximum Gasteiger partial charge on any atom is 0.265 e. The Morgan fingerprint density at radius 2 is 2.38 bits per heavy atom. The summed E-state index contributed by atoms with van der Waals surface area (Å²) < 4.78 is 0. The van der Waals surface area contributed by atoms with E-state index in [-0.39, 0.29) is 11.9 Å². The minimum absolute atomic E-state index is 0.0249. The number of hydrogen-bond acceptors (Lipinski definition) is 5. The number of amides is 1. The summed E-state index contributed by atoms with van der Waals surface area (Å²) in [6.07, 6.45) is 1.11. The Kier molecular flexibility index (Phi) is 3.22. The third-order valence-corrected chi connectivity index (χ3v) is 3.61. The Labute approximate surface area is 98.3 Å². The fraction of sp³-hybridized carbons (Fsp3) is 0.600. The molecule has 0 unspecified atom stereocenters. The number of aliphatic hydroxyl groups excluding tert-OH is 1. The molecule has 1 fully saturated rings. The number of aromatic nitrogens is 1. The van der Waals surface area contributed by atoms with E-state index in [0.717, 1.165) is 0 Å². The zero-order chi connectivity index (χ0) is 11.7. The lowest BCUT2D eigenvalue weighted by molar-refractivity contribution is 0.0768. The van der Waals surface area contributed by atoms with Crippen LogP contribution in [0.15, 0.2) is 11.7 Å². The number of carbonyl (C=O) groups is 1. The molecule has 1 aromatic rings. The molecule has 0 bridgehead atoms. The van der Waals surface area contributed by atoms with Crippen molar-refractivity contribution in [3.8, 4) is 0 Å². The number of β-amino-alcohol motifs (C(OH)–C–C–N with tert-alkyl or cyclic N) is 1. The standard InChI is InChI=1S/C10H15N3O2S/c1-12(2)7-4-13(5-8(7)14)10(15)9-3-11-6-16-9/h3,6-8,14H,4-5H2,1-2H3/t7-,8-/m1/s1. The van der Waals surface area contributed by atoms with Gasteiger partial charge < -0.3 is 14.9 Å². The Morgan fingerprint density at radius 3 is 2.88 bits per heavy atom. The molecule has 88 valence electrons. The first-order valence-electron chi connectivity index (χ1n) is 5.12. The molecule has 1 N–H and O–H groups in total. The lowest BCUT2D eigenvalue weighted by atomic mass is 10.2. The predicted molar refractivity (Wildman–Crippen MR) is 61.5 cm³/mol. The van der Waals surface area contributed by atoms with Gasteiger partial charge in [0.1, 0.15) is 4.88 Å². The minimum atomic E-state index is -0.466. The molecule has 0 aliphatic carbocycles. The van der Waals surface area contributed by atoms with Crippen LogP contribution >= 0.6 is 11.3 Å². The second-order valence-corrected chi connectivity index (χ2v) is 5.06. The molecule has 0 radical (unpaired) electrons. The molecule has 2 heterocycles. The molecule has 1 aromatic heterocycles. The maximum atomic E-state index is 12.0. The molecule has 1 aliphatic heterocycles. The van der Waals surface area contributed by atoms with Gasteiger partial charge in [0.2, 0.25) is 0 Å². The molecule has 16 heavy (non-hydrogen) atoms. The van der Waals surface area contributed by atoms with E-state index in [1.165, 1.54) is 11.3 Å². The van der Waals surface area contributed by atoms with Crippen LogP contribution < -0.4 is 0 Å². The topological polar surface area (TPSA) is 56.7 Å². The number of aliphatic hydroxyl groups is 1. The first-order chi connectivity index (χ1) is 7.59. The number of rotatable bonds is 2. The summed E-state index contributed by atoms with van der Waals surface area (Å²) in [7, 11) is 3.82. The number of likely N-dealkylation sites (N-methyl/N-ethyl adjacent to an activating group) is 1. The second-order valence-electron chi connectivity index (χ2n) is 4.17. The highest BCUT2D eigenvalue weighted by atomic mass is 32.1. The highest BCUT2D eigenvalue weighted by Crippen LogP contribution is 2.18. The van der Waals surface area contributed by atoms with Gasteiger partial charge in [-0.25, -0.2) is 0 Å². The number of thiazole rings is 1. The normalized spacial score (nSPS) is 25.4. The van der Waals surface area contributed by atoms with Crippen molar-refractivity contribution in [1.82, 2.24) is 14.8 Å². The first kappa shape index (κ1) is 11.5. The van der Waals surface area contributed by atoms with E-state index in [9.17, 15) is 9.90 Å². The van der Waals surface area contributed by atoms with Gasteiger partial charge in [-0.15, -0.1) is 11.3 Å². The summed E-state index contributed by atoms with van der Waals surface area (Å²) in [5.41, 5.74) is 1.64. The highest BCUT2D eigenvalue weighted by Gasteiger charge is 2.35. The minimum Gasteiger partial charge on any atom is -0.390 e. The van der Waals surface area contributed by atoms with E-state index >= 15 is 0 Å². The summed E-state index contributed by atoms with van der Waals surface area (Å²) in [6, 6.07) is 0.0249. The average Bonchev–Trinajstić information content (AvgIpc) is 2.84. The van der Waals surface area contributed by atoms with Crippen LogP contribution in [-0.4, -0.2) is 65.1 Å². The number of likely N-dealkylation sites (tertiary alicyclic amines) is 1. The molecule has 0 saturated carbocycles. The quantitative estimate of drug-likeness (QED) is 0.785. The third kappa shape index (κ3) is 2.09. The van der Waals surface area contributed by atoms with Gasteiger partial charge in [-0.3, -0.25) is 9.78 Å². The molecule has 2 rings (SSSR count). The fourth-order valence-corrected chi connectivity index (χ4v) is 2.51. The van der Waals surface area contributed by atoms with Crippen LogP contribution in [0.5, 0.6) is 0 Å². The number of nitrogens with zero attached hydrogens (tertiary/aromatic N) is 3. The summed E-state index contributed by atoms with van der Waals surface area (Å²) in [6.45, 7) is 0.977. The predicted octanol–water partition coefficient (Wildman–Crippen LogP) is -0.110. The van der Waals surface area contributed by atoms with Crippen LogP contribution in [0.25, 0.3) is 0 Å². The van der Waals surface area contributed by atoms with Gasteiger partial charge in [0, 0.05) is 13.1 Å². The molecular weight excluding hydrogens is 226 g/mol. The molecule has 1 aliphatic rings. The Morgan fingerprint density at radius 1 is 1.62 bits per heavy atom. The highest BCUT2D eigenvalue weighted by molar-refractivity contribution is 7.11. The SMILES string of the molecule is CN(C)[C@@H]1CN(C(=O)c2cncs2)C[C@H]1O. The van der Waals surface area contributed by atoms with Gasteiger partial charge in [0.15, 0.2) is 0 Å². The summed E-state index contributed by atoms with van der Waals surface area (Å²) in [4.78, 5) is 20.1. The zero-order valence-electron chi connectivity index (χ0n) is 9.33. The van der Waals surface area contributed by atoms with Crippen molar-refractivity contribution in [3.63, 3.8) is 0 Å². The smallest absolute Gasteiger partial charge is 0.265 e. The third-order valence-electron chi connectivity index (χ3n) is 2.85. The number of hydrogen-bond donors (Lipinski definition) is 1. The van der Waals surface area contributed by atoms with Crippen molar-refractivity contribution in [1.29, 1.82) is 0 Å². The van der Waals surface area contributed by atoms with Crippen LogP contribution in [0.2, 0.25) is 0 Å². The van der Waals surface area contributed by atoms with Gasteiger partial charge in [-0.1, -0.05) is 0 Å². The molecule has 6 heteroatoms. The molecule has 0 spiro atoms. The average molecular weight is 241 g/mol. The van der Waals surface area contributed by atoms with E-state index in [0.29, 0.717) is 18.0 Å². The lowest BCUT2D eigenvalue weighted by Gasteiger charge is -2.21. The summed E-state index contributed by atoms with van der Waals surface area (Å²) in [5.74, 6) is -0.0362. The van der Waals surface area contributed by atoms with Crippen molar-refractivity contribution in [2.24, 2.45) is 0 Å². The summed E-state index contributed by atoms with van der Waals surface area (Å²) in [5, 5.41) is 9.83. The molecular formula is C10H15N3O2S. The van der Waals surface area contributed by atoms with Crippen molar-refractivity contribution in [3.05, 3.63) is 16.6 Å².